The van der Waals surface area contributed by atoms with Gasteiger partial charge in [-0.3, -0.25) is 4.79 Å². The van der Waals surface area contributed by atoms with E-state index in [1.54, 1.807) is 0 Å². The minimum atomic E-state index is -5.41. The molecule has 0 aromatic rings. The van der Waals surface area contributed by atoms with Gasteiger partial charge >= 0.3 is 18.2 Å². The van der Waals surface area contributed by atoms with Gasteiger partial charge < -0.3 is 9.47 Å². The lowest BCUT2D eigenvalue weighted by atomic mass is 10.3. The second-order valence-corrected chi connectivity index (χ2v) is 2.64. The molecule has 0 radical (unpaired) electrons. The predicted octanol–water partition coefficient (Wildman–Crippen LogP) is 1.24. The van der Waals surface area contributed by atoms with Gasteiger partial charge in [-0.05, 0) is 0 Å². The summed E-state index contributed by atoms with van der Waals surface area (Å²) in [5.74, 6) is -2.07. The Morgan fingerprint density at radius 3 is 1.88 bits per heavy atom. The topological polar surface area (TPSA) is 52.6 Å². The van der Waals surface area contributed by atoms with Gasteiger partial charge in [0.2, 0.25) is 6.10 Å². The van der Waals surface area contributed by atoms with Crippen molar-refractivity contribution < 1.29 is 45.4 Å². The van der Waals surface area contributed by atoms with Crippen molar-refractivity contribution in [1.82, 2.24) is 0 Å². The molecule has 17 heavy (non-hydrogen) atoms. The average molecular weight is 268 g/mol. The van der Waals surface area contributed by atoms with Crippen LogP contribution in [-0.2, 0) is 19.1 Å². The van der Waals surface area contributed by atoms with Gasteiger partial charge in [-0.25, -0.2) is 13.6 Å². The number of esters is 1. The molecule has 0 fully saturated rings. The lowest BCUT2D eigenvalue weighted by Crippen LogP contribution is -2.45. The summed E-state index contributed by atoms with van der Waals surface area (Å²) in [6.07, 6.45) is -16.0. The molecule has 0 rings (SSSR count). The van der Waals surface area contributed by atoms with E-state index in [0.29, 0.717) is 7.11 Å². The summed E-state index contributed by atoms with van der Waals surface area (Å²) in [5, 5.41) is 0. The Kier molecular flexibility index (Phi) is 5.39. The van der Waals surface area contributed by atoms with E-state index in [-0.39, 0.29) is 0 Å². The zero-order valence-corrected chi connectivity index (χ0v) is 8.13. The first kappa shape index (κ1) is 15.7. The second-order valence-electron chi connectivity index (χ2n) is 2.64. The van der Waals surface area contributed by atoms with E-state index in [0.717, 1.165) is 0 Å². The maximum absolute atomic E-state index is 12.1. The third kappa shape index (κ3) is 4.59. The van der Waals surface area contributed by atoms with E-state index >= 15 is 0 Å². The van der Waals surface area contributed by atoms with Crippen molar-refractivity contribution in [2.75, 3.05) is 7.11 Å². The van der Waals surface area contributed by atoms with Crippen LogP contribution in [0.1, 0.15) is 0 Å². The predicted molar refractivity (Wildman–Crippen MR) is 38.9 cm³/mol. The Hall–Kier alpha value is -1.32. The van der Waals surface area contributed by atoms with Crippen LogP contribution >= 0.6 is 0 Å². The largest absolute Gasteiger partial charge is 0.467 e. The summed E-state index contributed by atoms with van der Waals surface area (Å²) in [6.45, 7) is 0. The molecular weight excluding hydrogens is 262 g/mol. The number of hydrogen-bond donors (Lipinski definition) is 0. The van der Waals surface area contributed by atoms with Crippen molar-refractivity contribution >= 4 is 12.0 Å². The van der Waals surface area contributed by atoms with E-state index in [2.05, 4.69) is 9.47 Å². The Morgan fingerprint density at radius 2 is 1.65 bits per heavy atom. The molecule has 0 aliphatic rings. The number of ether oxygens (including phenoxy) is 2. The Labute approximate surface area is 90.5 Å². The first-order chi connectivity index (χ1) is 7.61. The molecule has 0 heterocycles. The van der Waals surface area contributed by atoms with E-state index in [4.69, 9.17) is 0 Å². The zero-order chi connectivity index (χ0) is 13.8. The van der Waals surface area contributed by atoms with Gasteiger partial charge in [-0.2, -0.15) is 17.6 Å². The van der Waals surface area contributed by atoms with E-state index < -0.39 is 36.8 Å². The van der Waals surface area contributed by atoms with Crippen LogP contribution in [-0.4, -0.2) is 43.9 Å². The second kappa shape index (κ2) is 5.84. The molecule has 100 valence electrons. The highest BCUT2D eigenvalue weighted by Gasteiger charge is 2.50. The first-order valence-corrected chi connectivity index (χ1v) is 3.88. The highest BCUT2D eigenvalue weighted by Crippen LogP contribution is 2.26. The van der Waals surface area contributed by atoms with Crippen LogP contribution in [0.3, 0.4) is 0 Å². The normalized spacial score (nSPS) is 15.5. The summed E-state index contributed by atoms with van der Waals surface area (Å²) in [5.41, 5.74) is 0. The lowest BCUT2D eigenvalue weighted by Gasteiger charge is -2.21. The van der Waals surface area contributed by atoms with Gasteiger partial charge in [-0.15, -0.1) is 0 Å². The molecule has 0 saturated heterocycles. The van der Waals surface area contributed by atoms with Crippen molar-refractivity contribution in [3.05, 3.63) is 0 Å². The summed E-state index contributed by atoms with van der Waals surface area (Å²) in [7, 11) is 0.541. The number of carbonyl (C=O) groups is 2. The number of hydrogen-bond acceptors (Lipinski definition) is 4. The molecule has 4 nitrogen and oxygen atoms in total. The van der Waals surface area contributed by atoms with Gasteiger partial charge in [0.25, 0.3) is 12.5 Å². The maximum atomic E-state index is 12.1. The smallest absolute Gasteiger partial charge is 0.425 e. The van der Waals surface area contributed by atoms with Crippen molar-refractivity contribution in [2.24, 2.45) is 0 Å². The molecule has 0 aliphatic carbocycles. The highest BCUT2D eigenvalue weighted by atomic mass is 19.4. The highest BCUT2D eigenvalue weighted by molar-refractivity contribution is 5.77. The molecule has 0 aliphatic heterocycles. The minimum absolute atomic E-state index is 0.541. The fourth-order valence-electron chi connectivity index (χ4n) is 0.732. The van der Waals surface area contributed by atoms with Crippen LogP contribution in [0.5, 0.6) is 0 Å². The molecule has 10 heteroatoms. The maximum Gasteiger partial charge on any atom is 0.425 e. The third-order valence-electron chi connectivity index (χ3n) is 1.45. The fourth-order valence-corrected chi connectivity index (χ4v) is 0.732. The molecular formula is C7H6F6O4. The number of carbonyl (C=O) groups excluding carboxylic acids is 2. The Bertz CT molecular complexity index is 289. The average Bonchev–Trinajstić information content (AvgIpc) is 2.14. The summed E-state index contributed by atoms with van der Waals surface area (Å²) in [4.78, 5) is 20.6. The van der Waals surface area contributed by atoms with Gasteiger partial charge in [0.05, 0.1) is 7.11 Å². The molecule has 0 bridgehead atoms. The summed E-state index contributed by atoms with van der Waals surface area (Å²) < 4.78 is 79.4. The van der Waals surface area contributed by atoms with Crippen LogP contribution in [0.15, 0.2) is 0 Å². The van der Waals surface area contributed by atoms with E-state index in [9.17, 15) is 35.9 Å². The standard InChI is InChI=1S/C7H6F6O4/c1-16-6(15)3(7(11,12)13)17-2(4(8)9)5(10)14/h2-4H,1H3. The van der Waals surface area contributed by atoms with Crippen LogP contribution in [0, 0.1) is 0 Å². The minimum Gasteiger partial charge on any atom is -0.467 e. The molecule has 0 N–H and O–H groups in total. The Balaban J connectivity index is 4.97. The van der Waals surface area contributed by atoms with Gasteiger partial charge in [-0.1, -0.05) is 0 Å². The quantitative estimate of drug-likeness (QED) is 0.427. The number of rotatable bonds is 5. The number of methoxy groups -OCH3 is 1. The van der Waals surface area contributed by atoms with Crippen molar-refractivity contribution in [1.29, 1.82) is 0 Å². The molecule has 2 atom stereocenters. The van der Waals surface area contributed by atoms with Gasteiger partial charge in [0.15, 0.2) is 0 Å². The number of alkyl halides is 5. The number of halogens is 6. The molecule has 0 spiro atoms. The Morgan fingerprint density at radius 1 is 1.18 bits per heavy atom. The van der Waals surface area contributed by atoms with Crippen LogP contribution < -0.4 is 0 Å². The molecule has 0 aromatic carbocycles. The van der Waals surface area contributed by atoms with Crippen molar-refractivity contribution in [3.8, 4) is 0 Å². The van der Waals surface area contributed by atoms with Crippen molar-refractivity contribution in [2.45, 2.75) is 24.8 Å². The summed E-state index contributed by atoms with van der Waals surface area (Å²) in [6, 6.07) is -2.82. The third-order valence-corrected chi connectivity index (χ3v) is 1.45. The molecule has 0 aromatic heterocycles. The fraction of sp³-hybridized carbons (Fsp3) is 0.714. The monoisotopic (exact) mass is 268 g/mol. The van der Waals surface area contributed by atoms with Crippen molar-refractivity contribution in [3.63, 3.8) is 0 Å². The van der Waals surface area contributed by atoms with Gasteiger partial charge in [0, 0.05) is 0 Å². The zero-order valence-electron chi connectivity index (χ0n) is 8.13. The lowest BCUT2D eigenvalue weighted by molar-refractivity contribution is -0.246. The SMILES string of the molecule is COC(=O)C(OC(C(=O)F)C(F)F)C(F)(F)F. The first-order valence-electron chi connectivity index (χ1n) is 3.88. The van der Waals surface area contributed by atoms with Gasteiger partial charge in [0.1, 0.15) is 0 Å². The molecule has 2 unspecified atom stereocenters. The van der Waals surface area contributed by atoms with E-state index in [1.807, 2.05) is 0 Å². The molecule has 0 saturated carbocycles. The van der Waals surface area contributed by atoms with Crippen LogP contribution in [0.4, 0.5) is 26.3 Å². The summed E-state index contributed by atoms with van der Waals surface area (Å²) >= 11 is 0. The van der Waals surface area contributed by atoms with Crippen LogP contribution in [0.25, 0.3) is 0 Å². The molecule has 0 amide bonds. The van der Waals surface area contributed by atoms with E-state index in [1.165, 1.54) is 0 Å². The van der Waals surface area contributed by atoms with Crippen LogP contribution in [0.2, 0.25) is 0 Å².